The van der Waals surface area contributed by atoms with Crippen LogP contribution in [-0.4, -0.2) is 67.2 Å². The minimum Gasteiger partial charge on any atom is -0.467 e. The number of aliphatic imine (C=N–C) groups is 1. The maximum Gasteiger partial charge on any atom is 0.290 e. The number of carbonyl (C=O) groups excluding carboxylic acids is 1. The number of ether oxygens (including phenoxy) is 2. The largest absolute Gasteiger partial charge is 0.467 e. The summed E-state index contributed by atoms with van der Waals surface area (Å²) in [6, 6.07) is 15.0. The number of hydrogen-bond donors (Lipinski definition) is 0. The summed E-state index contributed by atoms with van der Waals surface area (Å²) in [7, 11) is 2.49. The summed E-state index contributed by atoms with van der Waals surface area (Å²) in [5.41, 5.74) is 4.70. The van der Waals surface area contributed by atoms with Gasteiger partial charge in [-0.15, -0.1) is 0 Å². The Labute approximate surface area is 237 Å². The fourth-order valence-corrected chi connectivity index (χ4v) is 5.37. The Morgan fingerprint density at radius 1 is 1.15 bits per heavy atom. The molecule has 1 aliphatic heterocycles. The van der Waals surface area contributed by atoms with Crippen molar-refractivity contribution in [3.05, 3.63) is 70.2 Å². The number of imidazole rings is 1. The van der Waals surface area contributed by atoms with Crippen molar-refractivity contribution in [1.29, 1.82) is 5.26 Å². The van der Waals surface area contributed by atoms with Gasteiger partial charge in [0.2, 0.25) is 5.82 Å². The van der Waals surface area contributed by atoms with Crippen LogP contribution in [0.3, 0.4) is 0 Å². The lowest BCUT2D eigenvalue weighted by atomic mass is 10.1. The maximum atomic E-state index is 14.0. The van der Waals surface area contributed by atoms with Crippen molar-refractivity contribution in [3.63, 3.8) is 0 Å². The summed E-state index contributed by atoms with van der Waals surface area (Å²) in [6.07, 6.45) is 1.60. The van der Waals surface area contributed by atoms with Crippen molar-refractivity contribution >= 4 is 26.1 Å². The smallest absolute Gasteiger partial charge is 0.290 e. The monoisotopic (exact) mass is 558 g/mol. The van der Waals surface area contributed by atoms with Crippen molar-refractivity contribution in [2.75, 3.05) is 27.5 Å². The summed E-state index contributed by atoms with van der Waals surface area (Å²) in [5, 5.41) is 10.00. The first-order valence-electron chi connectivity index (χ1n) is 13.4. The van der Waals surface area contributed by atoms with Crippen LogP contribution in [0.2, 0.25) is 25.7 Å². The molecule has 1 aliphatic rings. The molecule has 0 unspecified atom stereocenters. The molecule has 10 heteroatoms. The minimum absolute atomic E-state index is 0.0814. The van der Waals surface area contributed by atoms with Gasteiger partial charge < -0.3 is 19.3 Å². The summed E-state index contributed by atoms with van der Waals surface area (Å²) < 4.78 is 13.5. The average molecular weight is 559 g/mol. The Balaban J connectivity index is 1.75. The van der Waals surface area contributed by atoms with Crippen LogP contribution in [0.25, 0.3) is 5.69 Å². The van der Waals surface area contributed by atoms with Gasteiger partial charge in [-0.2, -0.15) is 5.26 Å². The molecule has 0 saturated carbocycles. The molecular formula is C30H38N6O3Si. The lowest BCUT2D eigenvalue weighted by Gasteiger charge is -2.21. The van der Waals surface area contributed by atoms with Gasteiger partial charge in [-0.3, -0.25) is 9.36 Å². The van der Waals surface area contributed by atoms with Crippen molar-refractivity contribution in [2.24, 2.45) is 4.99 Å². The molecule has 2 aromatic carbocycles. The van der Waals surface area contributed by atoms with Crippen molar-refractivity contribution in [2.45, 2.75) is 52.6 Å². The zero-order chi connectivity index (χ0) is 29.0. The van der Waals surface area contributed by atoms with Gasteiger partial charge in [0.1, 0.15) is 11.8 Å². The van der Waals surface area contributed by atoms with Gasteiger partial charge in [0, 0.05) is 47.4 Å². The number of hydrogen-bond acceptors (Lipinski definition) is 6. The van der Waals surface area contributed by atoms with E-state index in [1.54, 1.807) is 20.7 Å². The van der Waals surface area contributed by atoms with E-state index in [0.29, 0.717) is 37.0 Å². The van der Waals surface area contributed by atoms with E-state index in [-0.39, 0.29) is 24.2 Å². The molecule has 0 saturated heterocycles. The Bertz CT molecular complexity index is 1440. The van der Waals surface area contributed by atoms with Gasteiger partial charge in [-0.05, 0) is 42.6 Å². The van der Waals surface area contributed by atoms with Crippen LogP contribution in [-0.2, 0) is 17.8 Å². The molecule has 0 radical (unpaired) electrons. The van der Waals surface area contributed by atoms with Crippen LogP contribution in [0.4, 0.5) is 5.82 Å². The Hall–Kier alpha value is -3.94. The van der Waals surface area contributed by atoms with Gasteiger partial charge in [-0.1, -0.05) is 50.0 Å². The van der Waals surface area contributed by atoms with E-state index in [1.807, 2.05) is 64.3 Å². The van der Waals surface area contributed by atoms with Crippen LogP contribution in [0.15, 0.2) is 41.4 Å². The number of carbonyl (C=O) groups is 1. The standard InChI is InChI=1S/C30H38N6O3Si/c1-21-12-13-26(39-20-38-14-15-40(5,6)7)22(2)27(21)36-28(32-19-34(3)4)25(16-31)33-29(36)30(37)35-17-23-10-8-9-11-24(23)18-35/h8-13,19H,14-15,17-18,20H2,1-7H3. The number of fused-ring (bicyclic) bond motifs is 1. The number of aryl methyl sites for hydroxylation is 1. The average Bonchev–Trinajstić information content (AvgIpc) is 3.49. The number of amides is 1. The third-order valence-corrected chi connectivity index (χ3v) is 8.49. The highest BCUT2D eigenvalue weighted by Crippen LogP contribution is 2.35. The highest BCUT2D eigenvalue weighted by molar-refractivity contribution is 6.76. The summed E-state index contributed by atoms with van der Waals surface area (Å²) >= 11 is 0. The first kappa shape index (κ1) is 29.0. The number of nitrogens with zero attached hydrogens (tertiary/aromatic N) is 6. The normalized spacial score (nSPS) is 13.0. The topological polar surface area (TPSA) is 96.0 Å². The number of benzene rings is 2. The van der Waals surface area contributed by atoms with Crippen molar-refractivity contribution in [1.82, 2.24) is 19.4 Å². The molecule has 210 valence electrons. The van der Waals surface area contributed by atoms with Gasteiger partial charge in [-0.25, -0.2) is 9.98 Å². The van der Waals surface area contributed by atoms with Crippen LogP contribution in [0.1, 0.15) is 38.6 Å². The first-order valence-corrected chi connectivity index (χ1v) is 17.1. The number of aromatic nitrogens is 2. The minimum atomic E-state index is -1.20. The highest BCUT2D eigenvalue weighted by atomic mass is 28.3. The van der Waals surface area contributed by atoms with Crippen LogP contribution in [0, 0.1) is 25.2 Å². The maximum absolute atomic E-state index is 14.0. The highest BCUT2D eigenvalue weighted by Gasteiger charge is 2.31. The Kier molecular flexibility index (Phi) is 8.76. The summed E-state index contributed by atoms with van der Waals surface area (Å²) in [4.78, 5) is 26.6. The fourth-order valence-electron chi connectivity index (χ4n) is 4.61. The quantitative estimate of drug-likeness (QED) is 0.108. The van der Waals surface area contributed by atoms with E-state index >= 15 is 0 Å². The zero-order valence-corrected chi connectivity index (χ0v) is 25.5. The molecule has 4 rings (SSSR count). The van der Waals surface area contributed by atoms with E-state index in [9.17, 15) is 10.1 Å². The molecule has 0 fully saturated rings. The van der Waals surface area contributed by atoms with Gasteiger partial charge >= 0.3 is 0 Å². The molecular weight excluding hydrogens is 520 g/mol. The molecule has 1 amide bonds. The van der Waals surface area contributed by atoms with Gasteiger partial charge in [0.05, 0.1) is 12.0 Å². The number of nitriles is 1. The molecule has 3 aromatic rings. The second-order valence-corrected chi connectivity index (χ2v) is 17.1. The Morgan fingerprint density at radius 3 is 2.42 bits per heavy atom. The van der Waals surface area contributed by atoms with E-state index < -0.39 is 8.07 Å². The SMILES string of the molecule is Cc1ccc(OCOCC[Si](C)(C)C)c(C)c1-n1c(C(=O)N2Cc3ccccc3C2)nc(C#N)c1N=CN(C)C. The molecule has 40 heavy (non-hydrogen) atoms. The number of rotatable bonds is 10. The van der Waals surface area contributed by atoms with Gasteiger partial charge in [0.25, 0.3) is 5.91 Å². The summed E-state index contributed by atoms with van der Waals surface area (Å²) in [5.74, 6) is 0.810. The van der Waals surface area contributed by atoms with E-state index in [0.717, 1.165) is 28.3 Å². The second kappa shape index (κ2) is 12.1. The first-order chi connectivity index (χ1) is 19.0. The third-order valence-electron chi connectivity index (χ3n) is 6.79. The molecule has 2 heterocycles. The predicted molar refractivity (Wildman–Crippen MR) is 159 cm³/mol. The van der Waals surface area contributed by atoms with Crippen molar-refractivity contribution < 1.29 is 14.3 Å². The molecule has 0 N–H and O–H groups in total. The van der Waals surface area contributed by atoms with Crippen LogP contribution in [0.5, 0.6) is 5.75 Å². The molecule has 0 aliphatic carbocycles. The van der Waals surface area contributed by atoms with Gasteiger partial charge in [0.15, 0.2) is 18.3 Å². The zero-order valence-electron chi connectivity index (χ0n) is 24.5. The van der Waals surface area contributed by atoms with Crippen LogP contribution >= 0.6 is 0 Å². The van der Waals surface area contributed by atoms with E-state index in [4.69, 9.17) is 9.47 Å². The molecule has 0 spiro atoms. The third kappa shape index (κ3) is 6.43. The lowest BCUT2D eigenvalue weighted by molar-refractivity contribution is 0.0216. The molecule has 0 atom stereocenters. The molecule has 0 bridgehead atoms. The predicted octanol–water partition coefficient (Wildman–Crippen LogP) is 5.43. The summed E-state index contributed by atoms with van der Waals surface area (Å²) in [6.45, 7) is 12.6. The second-order valence-electron chi connectivity index (χ2n) is 11.5. The fraction of sp³-hybridized carbons (Fsp3) is 0.400. The van der Waals surface area contributed by atoms with Crippen molar-refractivity contribution in [3.8, 4) is 17.5 Å². The Morgan fingerprint density at radius 2 is 1.82 bits per heavy atom. The molecule has 9 nitrogen and oxygen atoms in total. The van der Waals surface area contributed by atoms with E-state index in [2.05, 4.69) is 35.7 Å². The van der Waals surface area contributed by atoms with E-state index in [1.165, 1.54) is 0 Å². The lowest BCUT2D eigenvalue weighted by Crippen LogP contribution is -2.28. The molecule has 1 aromatic heterocycles. The van der Waals surface area contributed by atoms with Crippen LogP contribution < -0.4 is 4.74 Å².